The highest BCUT2D eigenvalue weighted by Gasteiger charge is 2.04. The maximum atomic E-state index is 11.1. The number of esters is 2. The minimum absolute atomic E-state index is 0.331. The molecule has 1 rings (SSSR count). The van der Waals surface area contributed by atoms with Crippen molar-refractivity contribution in [1.29, 1.82) is 0 Å². The number of rotatable bonds is 4. The lowest BCUT2D eigenvalue weighted by atomic mass is 10.2. The zero-order chi connectivity index (χ0) is 12.7. The van der Waals surface area contributed by atoms with Crippen LogP contribution in [-0.2, 0) is 14.3 Å². The SMILES string of the molecule is CCOC(=O)/C=C/c1ccc(C(=O)OC)cn1. The Kier molecular flexibility index (Phi) is 4.87. The Morgan fingerprint density at radius 3 is 2.71 bits per heavy atom. The van der Waals surface area contributed by atoms with Gasteiger partial charge in [-0.15, -0.1) is 0 Å². The molecule has 0 radical (unpaired) electrons. The van der Waals surface area contributed by atoms with Gasteiger partial charge in [0.1, 0.15) is 0 Å². The van der Waals surface area contributed by atoms with Gasteiger partial charge in [0.05, 0.1) is 25.0 Å². The summed E-state index contributed by atoms with van der Waals surface area (Å²) in [7, 11) is 1.30. The molecular weight excluding hydrogens is 222 g/mol. The Morgan fingerprint density at radius 1 is 1.41 bits per heavy atom. The summed E-state index contributed by atoms with van der Waals surface area (Å²) in [5.41, 5.74) is 0.923. The van der Waals surface area contributed by atoms with Crippen LogP contribution in [0.5, 0.6) is 0 Å². The average molecular weight is 235 g/mol. The van der Waals surface area contributed by atoms with E-state index in [0.717, 1.165) is 0 Å². The van der Waals surface area contributed by atoms with Crippen LogP contribution in [0.15, 0.2) is 24.4 Å². The lowest BCUT2D eigenvalue weighted by Crippen LogP contribution is -2.02. The first-order chi connectivity index (χ1) is 8.17. The molecule has 0 aliphatic heterocycles. The van der Waals surface area contributed by atoms with Crippen LogP contribution < -0.4 is 0 Å². The molecule has 0 aliphatic rings. The van der Waals surface area contributed by atoms with E-state index < -0.39 is 11.9 Å². The average Bonchev–Trinajstić information content (AvgIpc) is 2.36. The normalized spacial score (nSPS) is 10.2. The molecule has 0 fully saturated rings. The standard InChI is InChI=1S/C12H13NO4/c1-3-17-11(14)7-6-10-5-4-9(8-13-10)12(15)16-2/h4-8H,3H2,1-2H3/b7-6+. The summed E-state index contributed by atoms with van der Waals surface area (Å²) in [6, 6.07) is 3.19. The summed E-state index contributed by atoms with van der Waals surface area (Å²) in [4.78, 5) is 26.1. The van der Waals surface area contributed by atoms with Gasteiger partial charge in [-0.3, -0.25) is 4.98 Å². The smallest absolute Gasteiger partial charge is 0.339 e. The number of pyridine rings is 1. The zero-order valence-electron chi connectivity index (χ0n) is 9.67. The number of hydrogen-bond donors (Lipinski definition) is 0. The Morgan fingerprint density at radius 2 is 2.18 bits per heavy atom. The second-order valence-electron chi connectivity index (χ2n) is 3.05. The van der Waals surface area contributed by atoms with E-state index in [1.54, 1.807) is 19.1 Å². The summed E-state index contributed by atoms with van der Waals surface area (Å²) in [6.07, 6.45) is 4.18. The topological polar surface area (TPSA) is 65.5 Å². The first kappa shape index (κ1) is 12.9. The van der Waals surface area contributed by atoms with Crippen LogP contribution in [0.1, 0.15) is 23.0 Å². The van der Waals surface area contributed by atoms with E-state index in [-0.39, 0.29) is 0 Å². The van der Waals surface area contributed by atoms with Crippen molar-refractivity contribution in [3.05, 3.63) is 35.7 Å². The van der Waals surface area contributed by atoms with Gasteiger partial charge in [-0.05, 0) is 25.1 Å². The Hall–Kier alpha value is -2.17. The largest absolute Gasteiger partial charge is 0.465 e. The van der Waals surface area contributed by atoms with Gasteiger partial charge in [-0.2, -0.15) is 0 Å². The van der Waals surface area contributed by atoms with Crippen molar-refractivity contribution in [1.82, 2.24) is 4.98 Å². The van der Waals surface area contributed by atoms with Crippen molar-refractivity contribution in [3.63, 3.8) is 0 Å². The van der Waals surface area contributed by atoms with Crippen LogP contribution in [0.4, 0.5) is 0 Å². The number of carbonyl (C=O) groups excluding carboxylic acids is 2. The predicted molar refractivity (Wildman–Crippen MR) is 61.2 cm³/mol. The number of ether oxygens (including phenoxy) is 2. The fourth-order valence-electron chi connectivity index (χ4n) is 1.09. The lowest BCUT2D eigenvalue weighted by molar-refractivity contribution is -0.137. The Bertz CT molecular complexity index is 423. The summed E-state index contributed by atoms with van der Waals surface area (Å²) in [5, 5.41) is 0. The maximum absolute atomic E-state index is 11.1. The Balaban J connectivity index is 2.68. The highest BCUT2D eigenvalue weighted by atomic mass is 16.5. The second kappa shape index (κ2) is 6.42. The summed E-state index contributed by atoms with van der Waals surface area (Å²) >= 11 is 0. The van der Waals surface area contributed by atoms with Crippen LogP contribution in [-0.4, -0.2) is 30.6 Å². The molecule has 0 aliphatic carbocycles. The molecule has 17 heavy (non-hydrogen) atoms. The van der Waals surface area contributed by atoms with Gasteiger partial charge in [0, 0.05) is 12.3 Å². The molecule has 0 N–H and O–H groups in total. The monoisotopic (exact) mass is 235 g/mol. The molecule has 0 atom stereocenters. The molecule has 0 bridgehead atoms. The molecule has 0 saturated carbocycles. The van der Waals surface area contributed by atoms with Crippen molar-refractivity contribution < 1.29 is 19.1 Å². The Labute approximate surface area is 99.1 Å². The van der Waals surface area contributed by atoms with Crippen molar-refractivity contribution in [2.45, 2.75) is 6.92 Å². The highest BCUT2D eigenvalue weighted by molar-refractivity contribution is 5.89. The van der Waals surface area contributed by atoms with E-state index in [9.17, 15) is 9.59 Å². The molecule has 5 heteroatoms. The van der Waals surface area contributed by atoms with Gasteiger partial charge >= 0.3 is 11.9 Å². The molecule has 1 aromatic rings. The van der Waals surface area contributed by atoms with Gasteiger partial charge in [0.25, 0.3) is 0 Å². The molecule has 5 nitrogen and oxygen atoms in total. The highest BCUT2D eigenvalue weighted by Crippen LogP contribution is 2.03. The predicted octanol–water partition coefficient (Wildman–Crippen LogP) is 1.44. The minimum atomic E-state index is -0.446. The third-order valence-corrected chi connectivity index (χ3v) is 1.88. The van der Waals surface area contributed by atoms with Gasteiger partial charge in [0.15, 0.2) is 0 Å². The van der Waals surface area contributed by atoms with Crippen LogP contribution in [0.3, 0.4) is 0 Å². The van der Waals surface area contributed by atoms with E-state index in [4.69, 9.17) is 4.74 Å². The number of nitrogens with zero attached hydrogens (tertiary/aromatic N) is 1. The zero-order valence-corrected chi connectivity index (χ0v) is 9.67. The summed E-state index contributed by atoms with van der Waals surface area (Å²) in [5.74, 6) is -0.871. The number of carbonyl (C=O) groups is 2. The number of hydrogen-bond acceptors (Lipinski definition) is 5. The number of aromatic nitrogens is 1. The first-order valence-electron chi connectivity index (χ1n) is 5.06. The molecular formula is C12H13NO4. The van der Waals surface area contributed by atoms with E-state index in [1.165, 1.54) is 25.5 Å². The third kappa shape index (κ3) is 4.06. The first-order valence-corrected chi connectivity index (χ1v) is 5.06. The molecule has 0 amide bonds. The molecule has 0 unspecified atom stereocenters. The number of methoxy groups -OCH3 is 1. The molecule has 0 saturated heterocycles. The summed E-state index contributed by atoms with van der Waals surface area (Å²) < 4.78 is 9.25. The fourth-order valence-corrected chi connectivity index (χ4v) is 1.09. The summed E-state index contributed by atoms with van der Waals surface area (Å²) in [6.45, 7) is 2.06. The van der Waals surface area contributed by atoms with Crippen LogP contribution >= 0.6 is 0 Å². The lowest BCUT2D eigenvalue weighted by Gasteiger charge is -1.98. The van der Waals surface area contributed by atoms with Gasteiger partial charge in [-0.25, -0.2) is 9.59 Å². The quantitative estimate of drug-likeness (QED) is 0.583. The van der Waals surface area contributed by atoms with E-state index in [1.807, 2.05) is 0 Å². The fraction of sp³-hybridized carbons (Fsp3) is 0.250. The molecule has 1 aromatic heterocycles. The van der Waals surface area contributed by atoms with Crippen molar-refractivity contribution >= 4 is 18.0 Å². The van der Waals surface area contributed by atoms with Crippen LogP contribution in [0.2, 0.25) is 0 Å². The molecule has 90 valence electrons. The minimum Gasteiger partial charge on any atom is -0.465 e. The van der Waals surface area contributed by atoms with E-state index in [2.05, 4.69) is 9.72 Å². The van der Waals surface area contributed by atoms with E-state index >= 15 is 0 Å². The molecule has 0 aromatic carbocycles. The van der Waals surface area contributed by atoms with Crippen LogP contribution in [0.25, 0.3) is 6.08 Å². The molecule has 0 spiro atoms. The third-order valence-electron chi connectivity index (χ3n) is 1.88. The van der Waals surface area contributed by atoms with Crippen molar-refractivity contribution in [2.75, 3.05) is 13.7 Å². The van der Waals surface area contributed by atoms with Gasteiger partial charge in [-0.1, -0.05) is 0 Å². The van der Waals surface area contributed by atoms with Crippen molar-refractivity contribution in [2.24, 2.45) is 0 Å². The second-order valence-corrected chi connectivity index (χ2v) is 3.05. The maximum Gasteiger partial charge on any atom is 0.339 e. The van der Waals surface area contributed by atoms with Crippen LogP contribution in [0, 0.1) is 0 Å². The van der Waals surface area contributed by atoms with Gasteiger partial charge in [0.2, 0.25) is 0 Å². The molecule has 1 heterocycles. The van der Waals surface area contributed by atoms with Gasteiger partial charge < -0.3 is 9.47 Å². The van der Waals surface area contributed by atoms with Crippen molar-refractivity contribution in [3.8, 4) is 0 Å². The van der Waals surface area contributed by atoms with E-state index in [0.29, 0.717) is 17.9 Å².